The molecule has 0 radical (unpaired) electrons. The highest BCUT2D eigenvalue weighted by atomic mass is 19.4. The summed E-state index contributed by atoms with van der Waals surface area (Å²) < 4.78 is 47.1. The Morgan fingerprint density at radius 1 is 0.829 bits per heavy atom. The van der Waals surface area contributed by atoms with Gasteiger partial charge in [0.1, 0.15) is 17.1 Å². The van der Waals surface area contributed by atoms with Crippen molar-refractivity contribution >= 4 is 23.1 Å². The predicted octanol–water partition coefficient (Wildman–Crippen LogP) is 7.96. The van der Waals surface area contributed by atoms with Crippen molar-refractivity contribution in [2.75, 3.05) is 10.6 Å². The van der Waals surface area contributed by atoms with Crippen molar-refractivity contribution in [1.29, 1.82) is 0 Å². The van der Waals surface area contributed by atoms with Crippen LogP contribution in [-0.2, 0) is 6.18 Å². The third-order valence-corrected chi connectivity index (χ3v) is 6.79. The molecule has 5 rings (SSSR count). The molecule has 0 aliphatic heterocycles. The lowest BCUT2D eigenvalue weighted by atomic mass is 9.98. The van der Waals surface area contributed by atoms with Crippen LogP contribution in [0.25, 0.3) is 0 Å². The molecule has 0 amide bonds. The van der Waals surface area contributed by atoms with Crippen LogP contribution in [0.15, 0.2) is 54.7 Å². The van der Waals surface area contributed by atoms with Gasteiger partial charge >= 0.3 is 6.18 Å². The van der Waals surface area contributed by atoms with Gasteiger partial charge < -0.3 is 15.4 Å². The number of alkyl halides is 3. The molecule has 8 heteroatoms. The van der Waals surface area contributed by atoms with Crippen molar-refractivity contribution in [3.8, 4) is 5.75 Å². The average molecular weight is 483 g/mol. The van der Waals surface area contributed by atoms with Gasteiger partial charge in [0.25, 0.3) is 0 Å². The van der Waals surface area contributed by atoms with Crippen molar-refractivity contribution in [2.24, 2.45) is 0 Å². The monoisotopic (exact) mass is 482 g/mol. The van der Waals surface area contributed by atoms with Crippen molar-refractivity contribution in [3.63, 3.8) is 0 Å². The number of nitrogens with one attached hydrogen (secondary N) is 2. The molecule has 0 unspecified atom stereocenters. The standard InChI is InChI=1S/C27H29F3N4O/c28-27(29,30)24-17-31-26(33-20-14-12-19(13-15-20)18-6-1-2-7-18)34-25(24)32-21-8-5-11-23(16-21)35-22-9-3-4-10-22/h5,8,11-18,22H,1-4,6-7,9-10H2,(H2,31,32,33,34). The summed E-state index contributed by atoms with van der Waals surface area (Å²) in [6.45, 7) is 0. The molecule has 0 saturated heterocycles. The van der Waals surface area contributed by atoms with Gasteiger partial charge in [-0.25, -0.2) is 4.98 Å². The number of benzene rings is 2. The van der Waals surface area contributed by atoms with Gasteiger partial charge in [0.15, 0.2) is 0 Å². The lowest BCUT2D eigenvalue weighted by molar-refractivity contribution is -0.137. The molecule has 1 heterocycles. The van der Waals surface area contributed by atoms with Gasteiger partial charge in [-0.3, -0.25) is 0 Å². The summed E-state index contributed by atoms with van der Waals surface area (Å²) in [6, 6.07) is 14.9. The van der Waals surface area contributed by atoms with E-state index in [1.54, 1.807) is 18.2 Å². The average Bonchev–Trinajstić information content (AvgIpc) is 3.54. The summed E-state index contributed by atoms with van der Waals surface area (Å²) in [5.74, 6) is 1.00. The zero-order valence-corrected chi connectivity index (χ0v) is 19.4. The van der Waals surface area contributed by atoms with Gasteiger partial charge in [0, 0.05) is 23.6 Å². The highest BCUT2D eigenvalue weighted by molar-refractivity contribution is 5.64. The highest BCUT2D eigenvalue weighted by Crippen LogP contribution is 2.37. The van der Waals surface area contributed by atoms with Crippen LogP contribution in [0.3, 0.4) is 0 Å². The second kappa shape index (κ2) is 10.1. The zero-order valence-electron chi connectivity index (χ0n) is 19.4. The number of halogens is 3. The first kappa shape index (κ1) is 23.5. The SMILES string of the molecule is FC(F)(F)c1cnc(Nc2ccc(C3CCCC3)cc2)nc1Nc1cccc(OC2CCCC2)c1. The molecule has 2 aliphatic rings. The van der Waals surface area contributed by atoms with E-state index in [1.165, 1.54) is 31.2 Å². The van der Waals surface area contributed by atoms with E-state index in [2.05, 4.69) is 32.7 Å². The maximum absolute atomic E-state index is 13.7. The van der Waals surface area contributed by atoms with E-state index in [0.29, 0.717) is 17.4 Å². The fraction of sp³-hybridized carbons (Fsp3) is 0.407. The third kappa shape index (κ3) is 5.86. The van der Waals surface area contributed by atoms with E-state index in [9.17, 15) is 13.2 Å². The minimum Gasteiger partial charge on any atom is -0.490 e. The van der Waals surface area contributed by atoms with Gasteiger partial charge in [-0.15, -0.1) is 0 Å². The van der Waals surface area contributed by atoms with Crippen LogP contribution in [0, 0.1) is 0 Å². The summed E-state index contributed by atoms with van der Waals surface area (Å²) in [6.07, 6.45) is 5.57. The number of anilines is 4. The Morgan fingerprint density at radius 2 is 1.54 bits per heavy atom. The summed E-state index contributed by atoms with van der Waals surface area (Å²) in [5, 5.41) is 5.86. The summed E-state index contributed by atoms with van der Waals surface area (Å²) >= 11 is 0. The molecule has 2 saturated carbocycles. The van der Waals surface area contributed by atoms with E-state index in [1.807, 2.05) is 18.2 Å². The summed E-state index contributed by atoms with van der Waals surface area (Å²) in [4.78, 5) is 8.09. The Labute approximate surface area is 203 Å². The zero-order chi connectivity index (χ0) is 24.3. The van der Waals surface area contributed by atoms with Crippen LogP contribution < -0.4 is 15.4 Å². The van der Waals surface area contributed by atoms with Crippen molar-refractivity contribution in [3.05, 3.63) is 65.9 Å². The second-order valence-corrected chi connectivity index (χ2v) is 9.36. The molecule has 2 aromatic carbocycles. The first-order chi connectivity index (χ1) is 16.9. The Morgan fingerprint density at radius 3 is 2.26 bits per heavy atom. The summed E-state index contributed by atoms with van der Waals surface area (Å²) in [5.41, 5.74) is 1.56. The van der Waals surface area contributed by atoms with E-state index in [4.69, 9.17) is 4.74 Å². The highest BCUT2D eigenvalue weighted by Gasteiger charge is 2.35. The van der Waals surface area contributed by atoms with Crippen LogP contribution in [0.5, 0.6) is 5.75 Å². The van der Waals surface area contributed by atoms with Crippen molar-refractivity contribution in [2.45, 2.75) is 69.6 Å². The molecule has 0 bridgehead atoms. The molecule has 2 aliphatic carbocycles. The smallest absolute Gasteiger partial charge is 0.421 e. The molecular formula is C27H29F3N4O. The largest absolute Gasteiger partial charge is 0.490 e. The molecule has 0 atom stereocenters. The van der Waals surface area contributed by atoms with Crippen molar-refractivity contribution < 1.29 is 17.9 Å². The lowest BCUT2D eigenvalue weighted by Gasteiger charge is -2.17. The topological polar surface area (TPSA) is 59.1 Å². The summed E-state index contributed by atoms with van der Waals surface area (Å²) in [7, 11) is 0. The molecule has 0 spiro atoms. The van der Waals surface area contributed by atoms with E-state index in [-0.39, 0.29) is 17.9 Å². The minimum absolute atomic E-state index is 0.0903. The fourth-order valence-corrected chi connectivity index (χ4v) is 4.95. The first-order valence-corrected chi connectivity index (χ1v) is 12.3. The van der Waals surface area contributed by atoms with Crippen molar-refractivity contribution in [1.82, 2.24) is 9.97 Å². The van der Waals surface area contributed by atoms with Crippen LogP contribution in [0.4, 0.5) is 36.3 Å². The van der Waals surface area contributed by atoms with Crippen LogP contribution >= 0.6 is 0 Å². The van der Waals surface area contributed by atoms with E-state index >= 15 is 0 Å². The van der Waals surface area contributed by atoms with Gasteiger partial charge in [-0.1, -0.05) is 31.0 Å². The van der Waals surface area contributed by atoms with Gasteiger partial charge in [0.05, 0.1) is 6.10 Å². The molecule has 3 aromatic rings. The molecule has 1 aromatic heterocycles. The van der Waals surface area contributed by atoms with Gasteiger partial charge in [-0.05, 0) is 74.3 Å². The normalized spacial score (nSPS) is 17.0. The number of hydrogen-bond donors (Lipinski definition) is 2. The molecule has 2 fully saturated rings. The Hall–Kier alpha value is -3.29. The molecule has 184 valence electrons. The molecule has 2 N–H and O–H groups in total. The second-order valence-electron chi connectivity index (χ2n) is 9.36. The molecule has 35 heavy (non-hydrogen) atoms. The van der Waals surface area contributed by atoms with Crippen LogP contribution in [-0.4, -0.2) is 16.1 Å². The lowest BCUT2D eigenvalue weighted by Crippen LogP contribution is -2.13. The minimum atomic E-state index is -4.60. The van der Waals surface area contributed by atoms with Crippen LogP contribution in [0.2, 0.25) is 0 Å². The quantitative estimate of drug-likeness (QED) is 0.358. The van der Waals surface area contributed by atoms with Crippen LogP contribution in [0.1, 0.15) is 68.4 Å². The Bertz CT molecular complexity index is 1140. The first-order valence-electron chi connectivity index (χ1n) is 12.3. The number of nitrogens with zero attached hydrogens (tertiary/aromatic N) is 2. The maximum atomic E-state index is 13.7. The number of hydrogen-bond acceptors (Lipinski definition) is 5. The number of aromatic nitrogens is 2. The maximum Gasteiger partial charge on any atom is 0.421 e. The molecular weight excluding hydrogens is 453 g/mol. The fourth-order valence-electron chi connectivity index (χ4n) is 4.95. The third-order valence-electron chi connectivity index (χ3n) is 6.79. The van der Waals surface area contributed by atoms with Gasteiger partial charge in [-0.2, -0.15) is 18.2 Å². The predicted molar refractivity (Wildman–Crippen MR) is 131 cm³/mol. The number of ether oxygens (including phenoxy) is 1. The van der Waals surface area contributed by atoms with Gasteiger partial charge in [0.2, 0.25) is 5.95 Å². The Kier molecular flexibility index (Phi) is 6.79. The number of rotatable bonds is 7. The van der Waals surface area contributed by atoms with E-state index in [0.717, 1.165) is 37.6 Å². The van der Waals surface area contributed by atoms with E-state index < -0.39 is 11.7 Å². The Balaban J connectivity index is 1.34. The molecule has 5 nitrogen and oxygen atoms in total.